The smallest absolute Gasteiger partial charge is 0.198 e. The molecule has 21 heavy (non-hydrogen) atoms. The number of rotatable bonds is 3. The number of halogens is 4. The van der Waals surface area contributed by atoms with E-state index < -0.39 is 34.8 Å². The van der Waals surface area contributed by atoms with Crippen LogP contribution in [0.1, 0.15) is 50.8 Å². The zero-order chi connectivity index (χ0) is 15.9. The maximum Gasteiger partial charge on any atom is 0.198 e. The summed E-state index contributed by atoms with van der Waals surface area (Å²) < 4.78 is 59.9. The van der Waals surface area contributed by atoms with Crippen LogP contribution >= 0.6 is 0 Å². The second-order valence-corrected chi connectivity index (χ2v) is 5.47. The highest BCUT2D eigenvalue weighted by atomic mass is 19.2. The maximum absolute atomic E-state index is 14.1. The minimum absolute atomic E-state index is 0.00297. The van der Waals surface area contributed by atoms with E-state index in [-0.39, 0.29) is 17.2 Å². The standard InChI is InChI=1S/C15H15F4NO/c1-6(2)8-5-9(21-20-8)11-10(7(3)4)12(16)14(18)15(19)13(11)17/h5-7H,1-4H3. The Kier molecular flexibility index (Phi) is 4.07. The van der Waals surface area contributed by atoms with Crippen molar-refractivity contribution in [1.29, 1.82) is 0 Å². The monoisotopic (exact) mass is 301 g/mol. The Morgan fingerprint density at radius 2 is 1.43 bits per heavy atom. The molecule has 0 bridgehead atoms. The molecule has 1 aromatic heterocycles. The molecule has 0 aliphatic carbocycles. The van der Waals surface area contributed by atoms with Crippen LogP contribution < -0.4 is 0 Å². The molecule has 0 saturated heterocycles. The summed E-state index contributed by atoms with van der Waals surface area (Å²) in [5, 5.41) is 3.74. The molecular weight excluding hydrogens is 286 g/mol. The Hall–Kier alpha value is -1.85. The molecule has 0 aliphatic rings. The predicted octanol–water partition coefficient (Wildman–Crippen LogP) is 5.14. The normalized spacial score (nSPS) is 11.7. The Morgan fingerprint density at radius 1 is 0.857 bits per heavy atom. The minimum atomic E-state index is -1.85. The first-order chi connectivity index (χ1) is 9.75. The second kappa shape index (κ2) is 5.50. The largest absolute Gasteiger partial charge is 0.356 e. The van der Waals surface area contributed by atoms with Gasteiger partial charge in [-0.15, -0.1) is 0 Å². The van der Waals surface area contributed by atoms with Gasteiger partial charge in [0.1, 0.15) is 0 Å². The molecule has 2 aromatic rings. The molecule has 0 aliphatic heterocycles. The Bertz CT molecular complexity index is 677. The third-order valence-corrected chi connectivity index (χ3v) is 3.25. The van der Waals surface area contributed by atoms with Crippen LogP contribution in [0.3, 0.4) is 0 Å². The molecular formula is C15H15F4NO. The van der Waals surface area contributed by atoms with Crippen LogP contribution in [-0.2, 0) is 0 Å². The number of hydrogen-bond donors (Lipinski definition) is 0. The van der Waals surface area contributed by atoms with Gasteiger partial charge in [0.15, 0.2) is 29.0 Å². The van der Waals surface area contributed by atoms with Crippen molar-refractivity contribution in [3.8, 4) is 11.3 Å². The van der Waals surface area contributed by atoms with E-state index in [1.54, 1.807) is 13.8 Å². The first-order valence-corrected chi connectivity index (χ1v) is 6.58. The van der Waals surface area contributed by atoms with Gasteiger partial charge < -0.3 is 4.52 Å². The van der Waals surface area contributed by atoms with Gasteiger partial charge in [-0.05, 0) is 11.8 Å². The zero-order valence-electron chi connectivity index (χ0n) is 12.1. The van der Waals surface area contributed by atoms with Gasteiger partial charge in [-0.2, -0.15) is 0 Å². The number of aromatic nitrogens is 1. The Labute approximate surface area is 119 Å². The first kappa shape index (κ1) is 15.5. The lowest BCUT2D eigenvalue weighted by atomic mass is 9.93. The lowest BCUT2D eigenvalue weighted by Crippen LogP contribution is -2.07. The molecule has 114 valence electrons. The van der Waals surface area contributed by atoms with Crippen LogP contribution in [0.5, 0.6) is 0 Å². The minimum Gasteiger partial charge on any atom is -0.356 e. The summed E-state index contributed by atoms with van der Waals surface area (Å²) in [5.41, 5.74) is -0.164. The highest BCUT2D eigenvalue weighted by molar-refractivity contribution is 5.65. The van der Waals surface area contributed by atoms with E-state index in [9.17, 15) is 17.6 Å². The summed E-state index contributed by atoms with van der Waals surface area (Å²) in [5.74, 6) is -7.21. The fourth-order valence-electron chi connectivity index (χ4n) is 2.11. The van der Waals surface area contributed by atoms with Crippen molar-refractivity contribution in [2.24, 2.45) is 0 Å². The van der Waals surface area contributed by atoms with E-state index in [4.69, 9.17) is 4.52 Å². The van der Waals surface area contributed by atoms with Crippen LogP contribution in [0, 0.1) is 23.3 Å². The molecule has 0 fully saturated rings. The third-order valence-electron chi connectivity index (χ3n) is 3.25. The lowest BCUT2D eigenvalue weighted by Gasteiger charge is -2.14. The van der Waals surface area contributed by atoms with Gasteiger partial charge in [-0.25, -0.2) is 17.6 Å². The first-order valence-electron chi connectivity index (χ1n) is 6.58. The Morgan fingerprint density at radius 3 is 1.90 bits per heavy atom. The van der Waals surface area contributed by atoms with E-state index in [0.29, 0.717) is 5.69 Å². The average Bonchev–Trinajstić information content (AvgIpc) is 2.89. The van der Waals surface area contributed by atoms with Gasteiger partial charge in [0, 0.05) is 11.6 Å². The second-order valence-electron chi connectivity index (χ2n) is 5.47. The number of benzene rings is 1. The molecule has 0 radical (unpaired) electrons. The molecule has 2 nitrogen and oxygen atoms in total. The maximum atomic E-state index is 14.1. The molecule has 6 heteroatoms. The third kappa shape index (κ3) is 2.54. The van der Waals surface area contributed by atoms with Crippen molar-refractivity contribution >= 4 is 0 Å². The highest BCUT2D eigenvalue weighted by Crippen LogP contribution is 2.37. The van der Waals surface area contributed by atoms with E-state index in [1.165, 1.54) is 6.07 Å². The summed E-state index contributed by atoms with van der Waals surface area (Å²) >= 11 is 0. The summed E-state index contributed by atoms with van der Waals surface area (Å²) in [6.07, 6.45) is 0. The van der Waals surface area contributed by atoms with Gasteiger partial charge in [0.2, 0.25) is 0 Å². The van der Waals surface area contributed by atoms with E-state index in [1.807, 2.05) is 13.8 Å². The SMILES string of the molecule is CC(C)c1cc(-c2c(F)c(F)c(F)c(F)c2C(C)C)on1. The van der Waals surface area contributed by atoms with Gasteiger partial charge in [-0.3, -0.25) is 0 Å². The Balaban J connectivity index is 2.77. The molecule has 0 atom stereocenters. The van der Waals surface area contributed by atoms with E-state index in [0.717, 1.165) is 0 Å². The van der Waals surface area contributed by atoms with Crippen molar-refractivity contribution in [3.63, 3.8) is 0 Å². The summed E-state index contributed by atoms with van der Waals surface area (Å²) in [6.45, 7) is 6.79. The van der Waals surface area contributed by atoms with Crippen molar-refractivity contribution in [2.45, 2.75) is 39.5 Å². The van der Waals surface area contributed by atoms with Gasteiger partial charge >= 0.3 is 0 Å². The summed E-state index contributed by atoms with van der Waals surface area (Å²) in [4.78, 5) is 0. The fraction of sp³-hybridized carbons (Fsp3) is 0.400. The van der Waals surface area contributed by atoms with Crippen LogP contribution in [0.2, 0.25) is 0 Å². The van der Waals surface area contributed by atoms with E-state index >= 15 is 0 Å². The number of hydrogen-bond acceptors (Lipinski definition) is 2. The van der Waals surface area contributed by atoms with Crippen LogP contribution in [0.15, 0.2) is 10.6 Å². The molecule has 0 amide bonds. The van der Waals surface area contributed by atoms with Crippen LogP contribution in [0.25, 0.3) is 11.3 Å². The van der Waals surface area contributed by atoms with Crippen LogP contribution in [-0.4, -0.2) is 5.16 Å². The van der Waals surface area contributed by atoms with Gasteiger partial charge in [0.05, 0.1) is 11.3 Å². The van der Waals surface area contributed by atoms with E-state index in [2.05, 4.69) is 5.16 Å². The molecule has 0 unspecified atom stereocenters. The van der Waals surface area contributed by atoms with Crippen LogP contribution in [0.4, 0.5) is 17.6 Å². The van der Waals surface area contributed by atoms with Crippen molar-refractivity contribution in [1.82, 2.24) is 5.16 Å². The average molecular weight is 301 g/mol. The van der Waals surface area contributed by atoms with Gasteiger partial charge in [0.25, 0.3) is 0 Å². The van der Waals surface area contributed by atoms with Crippen molar-refractivity contribution < 1.29 is 22.1 Å². The summed E-state index contributed by atoms with van der Waals surface area (Å²) in [7, 11) is 0. The molecule has 1 heterocycles. The topological polar surface area (TPSA) is 26.0 Å². The molecule has 0 saturated carbocycles. The fourth-order valence-corrected chi connectivity index (χ4v) is 2.11. The molecule has 0 spiro atoms. The summed E-state index contributed by atoms with van der Waals surface area (Å²) in [6, 6.07) is 1.41. The zero-order valence-corrected chi connectivity index (χ0v) is 12.1. The molecule has 2 rings (SSSR count). The van der Waals surface area contributed by atoms with Crippen molar-refractivity contribution in [2.75, 3.05) is 0 Å². The molecule has 0 N–H and O–H groups in total. The number of nitrogens with zero attached hydrogens (tertiary/aromatic N) is 1. The highest BCUT2D eigenvalue weighted by Gasteiger charge is 2.29. The van der Waals surface area contributed by atoms with Gasteiger partial charge in [-0.1, -0.05) is 32.9 Å². The predicted molar refractivity (Wildman–Crippen MR) is 69.9 cm³/mol. The van der Waals surface area contributed by atoms with Crippen molar-refractivity contribution in [3.05, 3.63) is 40.6 Å². The quantitative estimate of drug-likeness (QED) is 0.445. The lowest BCUT2D eigenvalue weighted by molar-refractivity contribution is 0.392. The molecule has 1 aromatic carbocycles.